The molecule has 31 heavy (non-hydrogen) atoms. The first-order chi connectivity index (χ1) is 15.0. The number of hydrogen-bond acceptors (Lipinski definition) is 5. The van der Waals surface area contributed by atoms with E-state index in [0.717, 1.165) is 41.3 Å². The summed E-state index contributed by atoms with van der Waals surface area (Å²) in [5.74, 6) is 1.50. The molecule has 0 unspecified atom stereocenters. The van der Waals surface area contributed by atoms with Crippen molar-refractivity contribution in [2.45, 2.75) is 12.8 Å². The maximum atomic E-state index is 12.4. The van der Waals surface area contributed by atoms with Crippen LogP contribution in [0.4, 0.5) is 5.69 Å². The third-order valence-corrected chi connectivity index (χ3v) is 5.68. The predicted molar refractivity (Wildman–Crippen MR) is 124 cm³/mol. The number of carbonyl (C=O) groups excluding carboxylic acids is 2. The minimum absolute atomic E-state index is 0.0279. The average Bonchev–Trinajstić information content (AvgIpc) is 2.80. The number of amides is 2. The van der Waals surface area contributed by atoms with Crippen molar-refractivity contribution in [2.75, 3.05) is 51.8 Å². The molecular formula is C23H28BrN3O4. The number of ether oxygens (including phenoxy) is 2. The van der Waals surface area contributed by atoms with Gasteiger partial charge in [-0.2, -0.15) is 0 Å². The van der Waals surface area contributed by atoms with Crippen molar-refractivity contribution < 1.29 is 19.1 Å². The molecule has 1 aliphatic heterocycles. The first-order valence-electron chi connectivity index (χ1n) is 10.4. The Bertz CT molecular complexity index is 850. The standard InChI is InChI=1S/C23H28BrN3O4/c1-30-20-6-8-21(9-7-20)31-17-16-26-12-14-27(15-13-26)23(29)11-10-22(28)25-19-4-2-18(24)3-5-19/h2-9H,10-17H2,1H3,(H,25,28). The lowest BCUT2D eigenvalue weighted by molar-refractivity contribution is -0.134. The lowest BCUT2D eigenvalue weighted by Crippen LogP contribution is -2.49. The Morgan fingerprint density at radius 1 is 0.935 bits per heavy atom. The Hall–Kier alpha value is -2.58. The number of carbonyl (C=O) groups is 2. The summed E-state index contributed by atoms with van der Waals surface area (Å²) in [6, 6.07) is 14.9. The lowest BCUT2D eigenvalue weighted by atomic mass is 10.2. The fourth-order valence-corrected chi connectivity index (χ4v) is 3.59. The van der Waals surface area contributed by atoms with Gasteiger partial charge in [-0.15, -0.1) is 0 Å². The van der Waals surface area contributed by atoms with E-state index >= 15 is 0 Å². The van der Waals surface area contributed by atoms with Crippen molar-refractivity contribution in [3.63, 3.8) is 0 Å². The molecule has 2 aromatic carbocycles. The maximum absolute atomic E-state index is 12.4. The second-order valence-electron chi connectivity index (χ2n) is 7.30. The van der Waals surface area contributed by atoms with Gasteiger partial charge >= 0.3 is 0 Å². The van der Waals surface area contributed by atoms with E-state index in [0.29, 0.717) is 19.7 Å². The summed E-state index contributed by atoms with van der Waals surface area (Å²) < 4.78 is 11.9. The molecule has 3 rings (SSSR count). The molecule has 0 aromatic heterocycles. The number of halogens is 1. The fraction of sp³-hybridized carbons (Fsp3) is 0.391. The van der Waals surface area contributed by atoms with Crippen molar-refractivity contribution in [1.82, 2.24) is 9.80 Å². The Kier molecular flexibility index (Phi) is 8.73. The molecule has 1 N–H and O–H groups in total. The summed E-state index contributed by atoms with van der Waals surface area (Å²) in [5, 5.41) is 2.82. The van der Waals surface area contributed by atoms with E-state index in [1.165, 1.54) is 0 Å². The topological polar surface area (TPSA) is 71.1 Å². The van der Waals surface area contributed by atoms with E-state index in [9.17, 15) is 9.59 Å². The number of nitrogens with one attached hydrogen (secondary N) is 1. The van der Waals surface area contributed by atoms with E-state index < -0.39 is 0 Å². The highest BCUT2D eigenvalue weighted by atomic mass is 79.9. The molecular weight excluding hydrogens is 462 g/mol. The highest BCUT2D eigenvalue weighted by Gasteiger charge is 2.21. The normalized spacial score (nSPS) is 14.2. The van der Waals surface area contributed by atoms with Gasteiger partial charge < -0.3 is 19.7 Å². The van der Waals surface area contributed by atoms with Crippen LogP contribution in [0.1, 0.15) is 12.8 Å². The number of rotatable bonds is 9. The third kappa shape index (κ3) is 7.56. The summed E-state index contributed by atoms with van der Waals surface area (Å²) in [7, 11) is 1.64. The largest absolute Gasteiger partial charge is 0.497 e. The smallest absolute Gasteiger partial charge is 0.224 e. The van der Waals surface area contributed by atoms with Gasteiger partial charge in [0.25, 0.3) is 0 Å². The summed E-state index contributed by atoms with van der Waals surface area (Å²) in [5.41, 5.74) is 0.728. The summed E-state index contributed by atoms with van der Waals surface area (Å²) in [6.07, 6.45) is 0.410. The molecule has 7 nitrogen and oxygen atoms in total. The fourth-order valence-electron chi connectivity index (χ4n) is 3.32. The van der Waals surface area contributed by atoms with E-state index in [-0.39, 0.29) is 24.7 Å². The van der Waals surface area contributed by atoms with Crippen LogP contribution in [0.15, 0.2) is 53.0 Å². The molecule has 2 aromatic rings. The average molecular weight is 490 g/mol. The third-order valence-electron chi connectivity index (χ3n) is 5.15. The van der Waals surface area contributed by atoms with Gasteiger partial charge in [0, 0.05) is 55.7 Å². The summed E-state index contributed by atoms with van der Waals surface area (Å²) in [4.78, 5) is 28.7. The van der Waals surface area contributed by atoms with E-state index in [1.54, 1.807) is 7.11 Å². The molecule has 0 saturated carbocycles. The lowest BCUT2D eigenvalue weighted by Gasteiger charge is -2.34. The van der Waals surface area contributed by atoms with Crippen LogP contribution in [0.3, 0.4) is 0 Å². The summed E-state index contributed by atoms with van der Waals surface area (Å²) >= 11 is 3.36. The van der Waals surface area contributed by atoms with Crippen molar-refractivity contribution in [3.8, 4) is 11.5 Å². The zero-order valence-corrected chi connectivity index (χ0v) is 19.3. The molecule has 0 radical (unpaired) electrons. The molecule has 0 spiro atoms. The van der Waals surface area contributed by atoms with Gasteiger partial charge in [-0.05, 0) is 48.5 Å². The Morgan fingerprint density at radius 3 is 2.23 bits per heavy atom. The van der Waals surface area contributed by atoms with Gasteiger partial charge in [0.15, 0.2) is 0 Å². The van der Waals surface area contributed by atoms with Crippen LogP contribution < -0.4 is 14.8 Å². The van der Waals surface area contributed by atoms with Crippen LogP contribution in [0.2, 0.25) is 0 Å². The van der Waals surface area contributed by atoms with E-state index in [2.05, 4.69) is 26.1 Å². The van der Waals surface area contributed by atoms with Crippen molar-refractivity contribution in [2.24, 2.45) is 0 Å². The molecule has 0 aliphatic carbocycles. The first-order valence-corrected chi connectivity index (χ1v) is 11.1. The van der Waals surface area contributed by atoms with Crippen LogP contribution in [0.5, 0.6) is 11.5 Å². The maximum Gasteiger partial charge on any atom is 0.224 e. The number of benzene rings is 2. The molecule has 8 heteroatoms. The number of piperazine rings is 1. The number of anilines is 1. The molecule has 166 valence electrons. The molecule has 0 atom stereocenters. The Labute approximate surface area is 191 Å². The summed E-state index contributed by atoms with van der Waals surface area (Å²) in [6.45, 7) is 4.37. The van der Waals surface area contributed by atoms with Crippen LogP contribution >= 0.6 is 15.9 Å². The Balaban J connectivity index is 1.30. The second kappa shape index (κ2) is 11.7. The van der Waals surface area contributed by atoms with Crippen molar-refractivity contribution >= 4 is 33.4 Å². The highest BCUT2D eigenvalue weighted by molar-refractivity contribution is 9.10. The molecule has 1 fully saturated rings. The minimum atomic E-state index is -0.148. The number of methoxy groups -OCH3 is 1. The molecule has 1 saturated heterocycles. The van der Waals surface area contributed by atoms with Crippen molar-refractivity contribution in [3.05, 3.63) is 53.0 Å². The van der Waals surface area contributed by atoms with Crippen LogP contribution in [0, 0.1) is 0 Å². The zero-order valence-electron chi connectivity index (χ0n) is 17.7. The zero-order chi connectivity index (χ0) is 22.1. The molecule has 2 amide bonds. The van der Waals surface area contributed by atoms with Crippen LogP contribution in [-0.2, 0) is 9.59 Å². The van der Waals surface area contributed by atoms with Gasteiger partial charge in [0.05, 0.1) is 7.11 Å². The SMILES string of the molecule is COc1ccc(OCCN2CCN(C(=O)CCC(=O)Nc3ccc(Br)cc3)CC2)cc1. The predicted octanol–water partition coefficient (Wildman–Crippen LogP) is 3.40. The van der Waals surface area contributed by atoms with Gasteiger partial charge in [-0.25, -0.2) is 0 Å². The molecule has 1 aliphatic rings. The van der Waals surface area contributed by atoms with Gasteiger partial charge in [0.1, 0.15) is 18.1 Å². The van der Waals surface area contributed by atoms with Gasteiger partial charge in [0.2, 0.25) is 11.8 Å². The minimum Gasteiger partial charge on any atom is -0.497 e. The molecule has 1 heterocycles. The quantitative estimate of drug-likeness (QED) is 0.584. The Morgan fingerprint density at radius 2 is 1.58 bits per heavy atom. The van der Waals surface area contributed by atoms with E-state index in [4.69, 9.17) is 9.47 Å². The van der Waals surface area contributed by atoms with Crippen molar-refractivity contribution in [1.29, 1.82) is 0 Å². The van der Waals surface area contributed by atoms with Gasteiger partial charge in [-0.1, -0.05) is 15.9 Å². The first kappa shape index (κ1) is 23.1. The van der Waals surface area contributed by atoms with E-state index in [1.807, 2.05) is 53.4 Å². The monoisotopic (exact) mass is 489 g/mol. The van der Waals surface area contributed by atoms with Crippen LogP contribution in [0.25, 0.3) is 0 Å². The highest BCUT2D eigenvalue weighted by Crippen LogP contribution is 2.17. The molecule has 0 bridgehead atoms. The second-order valence-corrected chi connectivity index (χ2v) is 8.22. The van der Waals surface area contributed by atoms with Crippen LogP contribution in [-0.4, -0.2) is 68.1 Å². The number of hydrogen-bond donors (Lipinski definition) is 1. The number of nitrogens with zero attached hydrogens (tertiary/aromatic N) is 2. The van der Waals surface area contributed by atoms with Gasteiger partial charge in [-0.3, -0.25) is 14.5 Å².